The van der Waals surface area contributed by atoms with Crippen molar-refractivity contribution in [1.82, 2.24) is 4.90 Å². The smallest absolute Gasteiger partial charge is 0.134 e. The summed E-state index contributed by atoms with van der Waals surface area (Å²) in [6, 6.07) is 10.00. The second-order valence-corrected chi connectivity index (χ2v) is 6.10. The van der Waals surface area contributed by atoms with Gasteiger partial charge in [-0.1, -0.05) is 18.2 Å². The highest BCUT2D eigenvalue weighted by Crippen LogP contribution is 2.23. The van der Waals surface area contributed by atoms with E-state index in [9.17, 15) is 0 Å². The van der Waals surface area contributed by atoms with E-state index >= 15 is 0 Å². The van der Waals surface area contributed by atoms with Crippen molar-refractivity contribution in [2.24, 2.45) is 11.7 Å². The molecular weight excluding hydrogens is 264 g/mol. The van der Waals surface area contributed by atoms with Gasteiger partial charge in [0.15, 0.2) is 0 Å². The predicted molar refractivity (Wildman–Crippen MR) is 84.2 cm³/mol. The number of hydrogen-bond acceptors (Lipinski definition) is 4. The van der Waals surface area contributed by atoms with Crippen molar-refractivity contribution in [2.45, 2.75) is 18.9 Å². The molecule has 21 heavy (non-hydrogen) atoms. The lowest BCUT2D eigenvalue weighted by molar-refractivity contribution is 0.0412. The summed E-state index contributed by atoms with van der Waals surface area (Å²) in [5, 5.41) is 1.12. The summed E-state index contributed by atoms with van der Waals surface area (Å²) in [6.45, 7) is 3.63. The van der Waals surface area contributed by atoms with Crippen LogP contribution in [0.4, 0.5) is 0 Å². The fourth-order valence-corrected chi connectivity index (χ4v) is 3.08. The summed E-state index contributed by atoms with van der Waals surface area (Å²) in [7, 11) is 2.12. The quantitative estimate of drug-likeness (QED) is 0.919. The van der Waals surface area contributed by atoms with E-state index in [1.165, 1.54) is 12.8 Å². The van der Waals surface area contributed by atoms with Gasteiger partial charge in [-0.05, 0) is 37.9 Å². The fourth-order valence-electron chi connectivity index (χ4n) is 3.08. The first-order valence-corrected chi connectivity index (χ1v) is 7.72. The van der Waals surface area contributed by atoms with E-state index in [-0.39, 0.29) is 6.04 Å². The molecule has 0 amide bonds. The number of hydrogen-bond donors (Lipinski definition) is 1. The molecular formula is C17H24N2O2. The van der Waals surface area contributed by atoms with Crippen molar-refractivity contribution < 1.29 is 9.15 Å². The Labute approximate surface area is 125 Å². The molecule has 1 fully saturated rings. The molecule has 0 spiro atoms. The van der Waals surface area contributed by atoms with Crippen LogP contribution in [0.15, 0.2) is 34.7 Å². The number of fused-ring (bicyclic) bond motifs is 1. The molecule has 1 saturated heterocycles. The molecule has 2 N–H and O–H groups in total. The first-order chi connectivity index (χ1) is 10.2. The summed E-state index contributed by atoms with van der Waals surface area (Å²) in [5.74, 6) is 1.49. The Hall–Kier alpha value is -1.36. The Morgan fingerprint density at radius 1 is 1.38 bits per heavy atom. The lowest BCUT2D eigenvalue weighted by atomic mass is 10.0. The van der Waals surface area contributed by atoms with Crippen LogP contribution < -0.4 is 5.73 Å². The van der Waals surface area contributed by atoms with E-state index in [1.54, 1.807) is 0 Å². The number of nitrogens with two attached hydrogens (primary N) is 1. The minimum atomic E-state index is -0.0908. The number of ether oxygens (including phenoxy) is 1. The van der Waals surface area contributed by atoms with Gasteiger partial charge >= 0.3 is 0 Å². The van der Waals surface area contributed by atoms with Gasteiger partial charge in [0.25, 0.3) is 0 Å². The molecule has 3 rings (SSSR count). The summed E-state index contributed by atoms with van der Waals surface area (Å²) in [4.78, 5) is 2.29. The van der Waals surface area contributed by atoms with Crippen molar-refractivity contribution >= 4 is 11.0 Å². The van der Waals surface area contributed by atoms with E-state index in [2.05, 4.69) is 24.1 Å². The first kappa shape index (κ1) is 14.6. The van der Waals surface area contributed by atoms with Crippen molar-refractivity contribution in [1.29, 1.82) is 0 Å². The maximum absolute atomic E-state index is 6.30. The molecule has 0 aliphatic carbocycles. The van der Waals surface area contributed by atoms with Crippen molar-refractivity contribution in [3.63, 3.8) is 0 Å². The van der Waals surface area contributed by atoms with Crippen LogP contribution in [0.5, 0.6) is 0 Å². The largest absolute Gasteiger partial charge is 0.459 e. The highest BCUT2D eigenvalue weighted by molar-refractivity contribution is 5.77. The third-order valence-corrected chi connectivity index (χ3v) is 4.14. The zero-order valence-electron chi connectivity index (χ0n) is 12.6. The number of likely N-dealkylation sites (N-methyl/N-ethyl adjacent to an activating group) is 1. The average Bonchev–Trinajstić information content (AvgIpc) is 2.92. The third kappa shape index (κ3) is 3.64. The molecule has 0 saturated carbocycles. The van der Waals surface area contributed by atoms with Gasteiger partial charge in [-0.25, -0.2) is 0 Å². The van der Waals surface area contributed by atoms with Crippen molar-refractivity contribution in [3.8, 4) is 0 Å². The van der Waals surface area contributed by atoms with Crippen LogP contribution in [-0.4, -0.2) is 38.3 Å². The van der Waals surface area contributed by atoms with Gasteiger partial charge in [0.1, 0.15) is 11.3 Å². The number of nitrogens with zero attached hydrogens (tertiary/aromatic N) is 1. The van der Waals surface area contributed by atoms with Gasteiger partial charge in [-0.2, -0.15) is 0 Å². The molecule has 114 valence electrons. The van der Waals surface area contributed by atoms with Gasteiger partial charge in [0.2, 0.25) is 0 Å². The monoisotopic (exact) mass is 288 g/mol. The van der Waals surface area contributed by atoms with E-state index < -0.39 is 0 Å². The van der Waals surface area contributed by atoms with E-state index in [4.69, 9.17) is 14.9 Å². The molecule has 2 heterocycles. The lowest BCUT2D eigenvalue weighted by Gasteiger charge is -2.28. The van der Waals surface area contributed by atoms with E-state index in [1.807, 2.05) is 18.2 Å². The fraction of sp³-hybridized carbons (Fsp3) is 0.529. The average molecular weight is 288 g/mol. The highest BCUT2D eigenvalue weighted by Gasteiger charge is 2.19. The molecule has 4 heteroatoms. The van der Waals surface area contributed by atoms with Crippen LogP contribution >= 0.6 is 0 Å². The second kappa shape index (κ2) is 6.60. The van der Waals surface area contributed by atoms with Crippen LogP contribution in [0.3, 0.4) is 0 Å². The van der Waals surface area contributed by atoms with Gasteiger partial charge in [0, 0.05) is 25.1 Å². The maximum Gasteiger partial charge on any atom is 0.134 e. The zero-order chi connectivity index (χ0) is 14.7. The Kier molecular flexibility index (Phi) is 4.58. The Balaban J connectivity index is 1.58. The molecule has 0 radical (unpaired) electrons. The van der Waals surface area contributed by atoms with Crippen LogP contribution in [0, 0.1) is 5.92 Å². The van der Waals surface area contributed by atoms with Crippen LogP contribution in [0.1, 0.15) is 24.6 Å². The third-order valence-electron chi connectivity index (χ3n) is 4.14. The molecule has 4 nitrogen and oxygen atoms in total. The summed E-state index contributed by atoms with van der Waals surface area (Å²) >= 11 is 0. The highest BCUT2D eigenvalue weighted by atomic mass is 16.5. The molecule has 1 aliphatic heterocycles. The summed E-state index contributed by atoms with van der Waals surface area (Å²) in [6.07, 6.45) is 2.43. The molecule has 2 unspecified atom stereocenters. The van der Waals surface area contributed by atoms with Crippen molar-refractivity contribution in [2.75, 3.05) is 33.4 Å². The number of benzene rings is 1. The van der Waals surface area contributed by atoms with Crippen molar-refractivity contribution in [3.05, 3.63) is 36.1 Å². The minimum absolute atomic E-state index is 0.0908. The van der Waals surface area contributed by atoms with E-state index in [0.717, 1.165) is 43.0 Å². The van der Waals surface area contributed by atoms with E-state index in [0.29, 0.717) is 5.92 Å². The number of para-hydroxylation sites is 1. The Morgan fingerprint density at radius 3 is 3.00 bits per heavy atom. The normalized spacial score (nSPS) is 21.0. The topological polar surface area (TPSA) is 51.6 Å². The number of furan rings is 1. The minimum Gasteiger partial charge on any atom is -0.459 e. The first-order valence-electron chi connectivity index (χ1n) is 7.72. The molecule has 1 aromatic heterocycles. The Bertz CT molecular complexity index is 542. The number of rotatable bonds is 5. The van der Waals surface area contributed by atoms with Crippen LogP contribution in [0.25, 0.3) is 11.0 Å². The van der Waals surface area contributed by atoms with Gasteiger partial charge in [-0.3, -0.25) is 0 Å². The van der Waals surface area contributed by atoms with Crippen LogP contribution in [0.2, 0.25) is 0 Å². The molecule has 0 bridgehead atoms. The maximum atomic E-state index is 6.30. The van der Waals surface area contributed by atoms with Crippen LogP contribution in [-0.2, 0) is 4.74 Å². The van der Waals surface area contributed by atoms with Gasteiger partial charge in [-0.15, -0.1) is 0 Å². The molecule has 2 atom stereocenters. The summed E-state index contributed by atoms with van der Waals surface area (Å²) < 4.78 is 11.4. The lowest BCUT2D eigenvalue weighted by Crippen LogP contribution is -2.35. The standard InChI is InChI=1S/C17H24N2O2/c1-19(10-13-5-4-8-20-12-13)11-15(18)17-9-14-6-2-3-7-16(14)21-17/h2-3,6-7,9,13,15H,4-5,8,10-12,18H2,1H3. The Morgan fingerprint density at radius 2 is 2.24 bits per heavy atom. The van der Waals surface area contributed by atoms with Gasteiger partial charge < -0.3 is 19.8 Å². The molecule has 1 aromatic carbocycles. The zero-order valence-corrected chi connectivity index (χ0v) is 12.6. The predicted octanol–water partition coefficient (Wildman–Crippen LogP) is 2.79. The summed E-state index contributed by atoms with van der Waals surface area (Å²) in [5.41, 5.74) is 7.21. The SMILES string of the molecule is CN(CC1CCCOC1)CC(N)c1cc2ccccc2o1. The van der Waals surface area contributed by atoms with Gasteiger partial charge in [0.05, 0.1) is 12.6 Å². The molecule has 2 aromatic rings. The second-order valence-electron chi connectivity index (χ2n) is 6.10. The molecule has 1 aliphatic rings.